The van der Waals surface area contributed by atoms with E-state index in [1.807, 2.05) is 4.90 Å². The SMILES string of the molecule is CC(C)(C)S(=O)(=O)CCN1CCOC(C(N)=NO)C1. The van der Waals surface area contributed by atoms with Crippen LogP contribution in [0.2, 0.25) is 0 Å². The largest absolute Gasteiger partial charge is 0.409 e. The van der Waals surface area contributed by atoms with Crippen molar-refractivity contribution in [2.24, 2.45) is 10.9 Å². The van der Waals surface area contributed by atoms with Crippen LogP contribution in [0.5, 0.6) is 0 Å². The van der Waals surface area contributed by atoms with Crippen LogP contribution in [-0.2, 0) is 14.6 Å². The molecule has 0 aromatic heterocycles. The minimum absolute atomic E-state index is 0.0170. The zero-order chi connectivity index (χ0) is 14.7. The molecule has 7 nitrogen and oxygen atoms in total. The number of hydrogen-bond acceptors (Lipinski definition) is 6. The van der Waals surface area contributed by atoms with Crippen LogP contribution in [0, 0.1) is 0 Å². The van der Waals surface area contributed by atoms with E-state index in [0.717, 1.165) is 0 Å². The van der Waals surface area contributed by atoms with Crippen molar-refractivity contribution in [2.45, 2.75) is 31.6 Å². The van der Waals surface area contributed by atoms with E-state index in [4.69, 9.17) is 15.7 Å². The molecule has 1 aliphatic heterocycles. The maximum absolute atomic E-state index is 12.0. The zero-order valence-corrected chi connectivity index (χ0v) is 12.5. The second-order valence-electron chi connectivity index (χ2n) is 5.62. The number of morpholine rings is 1. The van der Waals surface area contributed by atoms with Gasteiger partial charge in [-0.2, -0.15) is 0 Å². The van der Waals surface area contributed by atoms with Gasteiger partial charge in [0.25, 0.3) is 0 Å². The van der Waals surface area contributed by atoms with Gasteiger partial charge in [-0.05, 0) is 20.8 Å². The highest BCUT2D eigenvalue weighted by atomic mass is 32.2. The molecule has 0 amide bonds. The first kappa shape index (κ1) is 16.2. The van der Waals surface area contributed by atoms with Gasteiger partial charge in [0.2, 0.25) is 0 Å². The van der Waals surface area contributed by atoms with Crippen LogP contribution in [0.15, 0.2) is 5.16 Å². The lowest BCUT2D eigenvalue weighted by molar-refractivity contribution is 0.00711. The maximum atomic E-state index is 12.0. The lowest BCUT2D eigenvalue weighted by Crippen LogP contribution is -2.50. The molecule has 0 saturated carbocycles. The molecule has 0 aromatic carbocycles. The highest BCUT2D eigenvalue weighted by Crippen LogP contribution is 2.16. The fourth-order valence-corrected chi connectivity index (χ4v) is 2.82. The van der Waals surface area contributed by atoms with E-state index >= 15 is 0 Å². The molecule has 0 bridgehead atoms. The number of oxime groups is 1. The Kier molecular flexibility index (Phi) is 5.17. The number of ether oxygens (including phenoxy) is 1. The third kappa shape index (κ3) is 4.32. The fraction of sp³-hybridized carbons (Fsp3) is 0.909. The van der Waals surface area contributed by atoms with Crippen LogP contribution >= 0.6 is 0 Å². The molecule has 8 heteroatoms. The lowest BCUT2D eigenvalue weighted by atomic mass is 10.2. The molecule has 1 heterocycles. The van der Waals surface area contributed by atoms with Crippen molar-refractivity contribution in [3.8, 4) is 0 Å². The number of nitrogens with two attached hydrogens (primary N) is 1. The number of rotatable bonds is 4. The van der Waals surface area contributed by atoms with Gasteiger partial charge < -0.3 is 15.7 Å². The van der Waals surface area contributed by atoms with E-state index in [1.165, 1.54) is 0 Å². The van der Waals surface area contributed by atoms with Crippen molar-refractivity contribution in [3.63, 3.8) is 0 Å². The molecule has 1 saturated heterocycles. The molecular formula is C11H23N3O4S. The predicted octanol–water partition coefficient (Wildman–Crippen LogP) is -0.353. The Morgan fingerprint density at radius 3 is 2.68 bits per heavy atom. The summed E-state index contributed by atoms with van der Waals surface area (Å²) < 4.78 is 28.6. The van der Waals surface area contributed by atoms with Crippen LogP contribution in [-0.4, -0.2) is 67.2 Å². The number of sulfone groups is 1. The standard InChI is InChI=1S/C11H23N3O4S/c1-11(2,3)19(16,17)7-5-14-4-6-18-9(8-14)10(12)13-15/h9,15H,4-8H2,1-3H3,(H2,12,13). The molecular weight excluding hydrogens is 270 g/mol. The molecule has 112 valence electrons. The molecule has 19 heavy (non-hydrogen) atoms. The zero-order valence-electron chi connectivity index (χ0n) is 11.7. The van der Waals surface area contributed by atoms with Gasteiger partial charge in [0, 0.05) is 19.6 Å². The van der Waals surface area contributed by atoms with E-state index in [-0.39, 0.29) is 11.6 Å². The third-order valence-electron chi connectivity index (χ3n) is 3.21. The second-order valence-corrected chi connectivity index (χ2v) is 8.48. The van der Waals surface area contributed by atoms with Gasteiger partial charge in [0.05, 0.1) is 17.1 Å². The van der Waals surface area contributed by atoms with Crippen molar-refractivity contribution >= 4 is 15.7 Å². The van der Waals surface area contributed by atoms with Crippen molar-refractivity contribution in [3.05, 3.63) is 0 Å². The summed E-state index contributed by atoms with van der Waals surface area (Å²) in [5.41, 5.74) is 5.49. The third-order valence-corrected chi connectivity index (χ3v) is 5.79. The average Bonchev–Trinajstić information content (AvgIpc) is 2.34. The first-order valence-corrected chi connectivity index (χ1v) is 7.86. The van der Waals surface area contributed by atoms with Crippen LogP contribution in [0.1, 0.15) is 20.8 Å². The maximum Gasteiger partial charge on any atom is 0.169 e. The van der Waals surface area contributed by atoms with Crippen LogP contribution in [0.25, 0.3) is 0 Å². The fourth-order valence-electron chi connectivity index (χ4n) is 1.70. The number of amidine groups is 1. The molecule has 1 atom stereocenters. The molecule has 0 aliphatic carbocycles. The molecule has 3 N–H and O–H groups in total. The Bertz CT molecular complexity index is 428. The summed E-state index contributed by atoms with van der Waals surface area (Å²) in [5.74, 6) is 0.114. The highest BCUT2D eigenvalue weighted by molar-refractivity contribution is 7.92. The Labute approximate surface area is 114 Å². The molecule has 0 radical (unpaired) electrons. The van der Waals surface area contributed by atoms with Gasteiger partial charge in [0.1, 0.15) is 6.10 Å². The van der Waals surface area contributed by atoms with Crippen molar-refractivity contribution < 1.29 is 18.4 Å². The van der Waals surface area contributed by atoms with Gasteiger partial charge in [0.15, 0.2) is 15.7 Å². The van der Waals surface area contributed by atoms with Gasteiger partial charge in [-0.25, -0.2) is 8.42 Å². The smallest absolute Gasteiger partial charge is 0.169 e. The predicted molar refractivity (Wildman–Crippen MR) is 73.1 cm³/mol. The summed E-state index contributed by atoms with van der Waals surface area (Å²) in [5, 5.41) is 11.5. The molecule has 0 spiro atoms. The first-order chi connectivity index (χ1) is 8.67. The molecule has 1 aliphatic rings. The summed E-state index contributed by atoms with van der Waals surface area (Å²) in [6.07, 6.45) is -0.476. The molecule has 0 aromatic rings. The van der Waals surface area contributed by atoms with Crippen LogP contribution < -0.4 is 5.73 Å². The lowest BCUT2D eigenvalue weighted by Gasteiger charge is -2.32. The monoisotopic (exact) mass is 293 g/mol. The van der Waals surface area contributed by atoms with Crippen molar-refractivity contribution in [2.75, 3.05) is 32.0 Å². The van der Waals surface area contributed by atoms with E-state index in [1.54, 1.807) is 20.8 Å². The summed E-state index contributed by atoms with van der Waals surface area (Å²) >= 11 is 0. The minimum atomic E-state index is -3.13. The second kappa shape index (κ2) is 6.06. The Morgan fingerprint density at radius 1 is 1.53 bits per heavy atom. The van der Waals surface area contributed by atoms with Gasteiger partial charge in [-0.15, -0.1) is 0 Å². The van der Waals surface area contributed by atoms with E-state index in [9.17, 15) is 8.42 Å². The summed E-state index contributed by atoms with van der Waals surface area (Å²) in [6.45, 7) is 7.04. The topological polar surface area (TPSA) is 105 Å². The highest BCUT2D eigenvalue weighted by Gasteiger charge is 2.30. The molecule has 1 unspecified atom stereocenters. The van der Waals surface area contributed by atoms with E-state index < -0.39 is 20.7 Å². The minimum Gasteiger partial charge on any atom is -0.409 e. The van der Waals surface area contributed by atoms with Gasteiger partial charge >= 0.3 is 0 Å². The number of nitrogens with zero attached hydrogens (tertiary/aromatic N) is 2. The van der Waals surface area contributed by atoms with Gasteiger partial charge in [-0.3, -0.25) is 4.90 Å². The van der Waals surface area contributed by atoms with Crippen molar-refractivity contribution in [1.29, 1.82) is 0 Å². The number of hydrogen-bond donors (Lipinski definition) is 2. The Balaban J connectivity index is 2.55. The quantitative estimate of drug-likeness (QED) is 0.317. The van der Waals surface area contributed by atoms with Crippen LogP contribution in [0.4, 0.5) is 0 Å². The summed E-state index contributed by atoms with van der Waals surface area (Å²) in [6, 6.07) is 0. The average molecular weight is 293 g/mol. The molecule has 1 rings (SSSR count). The van der Waals surface area contributed by atoms with E-state index in [2.05, 4.69) is 5.16 Å². The summed E-state index contributed by atoms with van der Waals surface area (Å²) in [7, 11) is -3.13. The first-order valence-electron chi connectivity index (χ1n) is 6.21. The van der Waals surface area contributed by atoms with Crippen LogP contribution in [0.3, 0.4) is 0 Å². The molecule has 1 fully saturated rings. The van der Waals surface area contributed by atoms with Gasteiger partial charge in [-0.1, -0.05) is 5.16 Å². The Morgan fingerprint density at radius 2 is 2.16 bits per heavy atom. The van der Waals surface area contributed by atoms with Crippen molar-refractivity contribution in [1.82, 2.24) is 4.90 Å². The normalized spacial score (nSPS) is 23.5. The summed E-state index contributed by atoms with van der Waals surface area (Å²) in [4.78, 5) is 1.95. The Hall–Kier alpha value is -0.860. The van der Waals surface area contributed by atoms with E-state index in [0.29, 0.717) is 26.2 Å².